The van der Waals surface area contributed by atoms with Crippen molar-refractivity contribution in [2.24, 2.45) is 11.3 Å². The minimum Gasteiger partial charge on any atom is -0.144 e. The Labute approximate surface area is 107 Å². The molecule has 1 atom stereocenters. The first kappa shape index (κ1) is 13.9. The van der Waals surface area contributed by atoms with Crippen LogP contribution in [0, 0.1) is 11.3 Å². The molecule has 92 valence electrons. The Morgan fingerprint density at radius 2 is 1.88 bits per heavy atom. The molecule has 0 aliphatic carbocycles. The largest absolute Gasteiger partial charge is 0.144 e. The highest BCUT2D eigenvalue weighted by molar-refractivity contribution is 7.11. The average Bonchev–Trinajstić information content (AvgIpc) is 2.61. The molecule has 16 heavy (non-hydrogen) atoms. The van der Waals surface area contributed by atoms with Crippen molar-refractivity contribution in [2.75, 3.05) is 5.88 Å². The molecule has 0 fully saturated rings. The van der Waals surface area contributed by atoms with Crippen LogP contribution in [-0.4, -0.2) is 16.1 Å². The second-order valence-electron chi connectivity index (χ2n) is 5.35. The molecule has 0 aliphatic rings. The lowest BCUT2D eigenvalue weighted by Crippen LogP contribution is -2.19. The van der Waals surface area contributed by atoms with E-state index >= 15 is 0 Å². The lowest BCUT2D eigenvalue weighted by Gasteiger charge is -2.26. The molecule has 0 N–H and O–H groups in total. The molecule has 1 aromatic heterocycles. The predicted octanol–water partition coefficient (Wildman–Crippen LogP) is 3.93. The molecule has 0 spiro atoms. The van der Waals surface area contributed by atoms with Crippen molar-refractivity contribution in [2.45, 2.75) is 47.0 Å². The summed E-state index contributed by atoms with van der Waals surface area (Å²) in [6.45, 7) is 9.09. The Morgan fingerprint density at radius 1 is 1.25 bits per heavy atom. The zero-order chi connectivity index (χ0) is 12.2. The lowest BCUT2D eigenvalue weighted by atomic mass is 9.80. The van der Waals surface area contributed by atoms with Gasteiger partial charge >= 0.3 is 0 Å². The first-order valence-electron chi connectivity index (χ1n) is 5.80. The van der Waals surface area contributed by atoms with E-state index in [-0.39, 0.29) is 0 Å². The van der Waals surface area contributed by atoms with Crippen molar-refractivity contribution in [1.29, 1.82) is 0 Å². The van der Waals surface area contributed by atoms with E-state index in [1.54, 1.807) is 11.3 Å². The van der Waals surface area contributed by atoms with Crippen molar-refractivity contribution < 1.29 is 0 Å². The third kappa shape index (κ3) is 4.38. The van der Waals surface area contributed by atoms with Gasteiger partial charge in [0.1, 0.15) is 10.0 Å². The summed E-state index contributed by atoms with van der Waals surface area (Å²) < 4.78 is 0. The van der Waals surface area contributed by atoms with Gasteiger partial charge in [0.2, 0.25) is 0 Å². The summed E-state index contributed by atoms with van der Waals surface area (Å²) in [5.41, 5.74) is 0.335. The Balaban J connectivity index is 2.52. The maximum absolute atomic E-state index is 5.66. The van der Waals surface area contributed by atoms with E-state index in [9.17, 15) is 0 Å². The molecule has 0 saturated carbocycles. The molecule has 1 rings (SSSR count). The third-order valence-corrected chi connectivity index (χ3v) is 4.26. The lowest BCUT2D eigenvalue weighted by molar-refractivity contribution is 0.259. The van der Waals surface area contributed by atoms with Crippen molar-refractivity contribution in [3.8, 4) is 0 Å². The van der Waals surface area contributed by atoms with Gasteiger partial charge in [-0.05, 0) is 17.8 Å². The molecule has 0 bridgehead atoms. The van der Waals surface area contributed by atoms with E-state index < -0.39 is 0 Å². The molecule has 0 aliphatic heterocycles. The minimum atomic E-state index is 0.335. The summed E-state index contributed by atoms with van der Waals surface area (Å²) in [6.07, 6.45) is 2.98. The topological polar surface area (TPSA) is 25.8 Å². The van der Waals surface area contributed by atoms with E-state index in [4.69, 9.17) is 11.6 Å². The standard InChI is InChI=1S/C12H21ClN2S/c1-9(12(2,3)4)8-11-15-14-10(16-11)6-5-7-13/h9H,5-8H2,1-4H3. The van der Waals surface area contributed by atoms with Crippen molar-refractivity contribution >= 4 is 22.9 Å². The van der Waals surface area contributed by atoms with Crippen LogP contribution < -0.4 is 0 Å². The number of halogens is 1. The molecular weight excluding hydrogens is 240 g/mol. The molecule has 0 aromatic carbocycles. The number of alkyl halides is 1. The van der Waals surface area contributed by atoms with E-state index in [0.717, 1.165) is 29.3 Å². The SMILES string of the molecule is CC(Cc1nnc(CCCCl)s1)C(C)(C)C. The maximum atomic E-state index is 5.66. The Bertz CT molecular complexity index is 317. The van der Waals surface area contributed by atoms with E-state index in [1.807, 2.05) is 0 Å². The van der Waals surface area contributed by atoms with Gasteiger partial charge in [-0.2, -0.15) is 0 Å². The number of hydrogen-bond acceptors (Lipinski definition) is 3. The average molecular weight is 261 g/mol. The molecule has 0 saturated heterocycles. The highest BCUT2D eigenvalue weighted by Gasteiger charge is 2.21. The number of aromatic nitrogens is 2. The molecule has 1 unspecified atom stereocenters. The van der Waals surface area contributed by atoms with Crippen LogP contribution in [0.5, 0.6) is 0 Å². The Hall–Kier alpha value is -0.150. The van der Waals surface area contributed by atoms with Crippen LogP contribution in [-0.2, 0) is 12.8 Å². The van der Waals surface area contributed by atoms with Crippen LogP contribution in [0.4, 0.5) is 0 Å². The summed E-state index contributed by atoms with van der Waals surface area (Å²) in [6, 6.07) is 0. The van der Waals surface area contributed by atoms with Gasteiger partial charge in [-0.3, -0.25) is 0 Å². The Kier molecular flexibility index (Phi) is 5.19. The summed E-state index contributed by atoms with van der Waals surface area (Å²) in [4.78, 5) is 0. The smallest absolute Gasteiger partial charge is 0.117 e. The van der Waals surface area contributed by atoms with Crippen LogP contribution >= 0.6 is 22.9 Å². The van der Waals surface area contributed by atoms with E-state index in [1.165, 1.54) is 0 Å². The second-order valence-corrected chi connectivity index (χ2v) is 6.88. The summed E-state index contributed by atoms with van der Waals surface area (Å²) in [5.74, 6) is 1.33. The number of rotatable bonds is 5. The highest BCUT2D eigenvalue weighted by atomic mass is 35.5. The highest BCUT2D eigenvalue weighted by Crippen LogP contribution is 2.29. The van der Waals surface area contributed by atoms with Crippen LogP contribution in [0.2, 0.25) is 0 Å². The van der Waals surface area contributed by atoms with Crippen molar-refractivity contribution in [3.63, 3.8) is 0 Å². The van der Waals surface area contributed by atoms with E-state index in [0.29, 0.717) is 17.2 Å². The molecule has 4 heteroatoms. The first-order valence-corrected chi connectivity index (χ1v) is 7.16. The molecule has 1 heterocycles. The van der Waals surface area contributed by atoms with Gasteiger partial charge < -0.3 is 0 Å². The second kappa shape index (κ2) is 5.97. The molecular formula is C12H21ClN2S. The molecule has 2 nitrogen and oxygen atoms in total. The van der Waals surface area contributed by atoms with E-state index in [2.05, 4.69) is 37.9 Å². The first-order chi connectivity index (χ1) is 7.43. The van der Waals surface area contributed by atoms with Gasteiger partial charge in [0, 0.05) is 18.7 Å². The van der Waals surface area contributed by atoms with Crippen LogP contribution in [0.1, 0.15) is 44.1 Å². The van der Waals surface area contributed by atoms with Crippen LogP contribution in [0.25, 0.3) is 0 Å². The molecule has 0 radical (unpaired) electrons. The Morgan fingerprint density at radius 3 is 2.44 bits per heavy atom. The fraction of sp³-hybridized carbons (Fsp3) is 0.833. The minimum absolute atomic E-state index is 0.335. The monoisotopic (exact) mass is 260 g/mol. The summed E-state index contributed by atoms with van der Waals surface area (Å²) in [7, 11) is 0. The maximum Gasteiger partial charge on any atom is 0.117 e. The predicted molar refractivity (Wildman–Crippen MR) is 71.3 cm³/mol. The normalized spacial score (nSPS) is 14.1. The van der Waals surface area contributed by atoms with Gasteiger partial charge in [-0.15, -0.1) is 33.1 Å². The third-order valence-electron chi connectivity index (χ3n) is 2.99. The molecule has 0 amide bonds. The quantitative estimate of drug-likeness (QED) is 0.750. The zero-order valence-electron chi connectivity index (χ0n) is 10.6. The summed E-state index contributed by atoms with van der Waals surface area (Å²) in [5, 5.41) is 10.7. The van der Waals surface area contributed by atoms with Gasteiger partial charge in [0.05, 0.1) is 0 Å². The van der Waals surface area contributed by atoms with Crippen molar-refractivity contribution in [1.82, 2.24) is 10.2 Å². The van der Waals surface area contributed by atoms with Gasteiger partial charge in [0.15, 0.2) is 0 Å². The van der Waals surface area contributed by atoms with Crippen molar-refractivity contribution in [3.05, 3.63) is 10.0 Å². The fourth-order valence-corrected chi connectivity index (χ4v) is 2.41. The van der Waals surface area contributed by atoms with Crippen LogP contribution in [0.3, 0.4) is 0 Å². The number of aryl methyl sites for hydroxylation is 1. The van der Waals surface area contributed by atoms with Gasteiger partial charge in [0.25, 0.3) is 0 Å². The molecule has 1 aromatic rings. The van der Waals surface area contributed by atoms with Gasteiger partial charge in [-0.1, -0.05) is 27.7 Å². The van der Waals surface area contributed by atoms with Gasteiger partial charge in [-0.25, -0.2) is 0 Å². The zero-order valence-corrected chi connectivity index (χ0v) is 12.2. The number of nitrogens with zero attached hydrogens (tertiary/aromatic N) is 2. The fourth-order valence-electron chi connectivity index (χ4n) is 1.26. The summed E-state index contributed by atoms with van der Waals surface area (Å²) >= 11 is 7.40. The number of hydrogen-bond donors (Lipinski definition) is 0. The van der Waals surface area contributed by atoms with Crippen LogP contribution in [0.15, 0.2) is 0 Å².